The second-order valence-corrected chi connectivity index (χ2v) is 6.61. The molecule has 3 rings (SSSR count). The molecule has 1 aromatic heterocycles. The average molecular weight is 345 g/mol. The van der Waals surface area contributed by atoms with Crippen molar-refractivity contribution >= 4 is 22.8 Å². The first-order chi connectivity index (χ1) is 12.0. The van der Waals surface area contributed by atoms with Gasteiger partial charge in [0.25, 0.3) is 0 Å². The molecule has 6 nitrogen and oxygen atoms in total. The third-order valence-electron chi connectivity index (χ3n) is 5.26. The minimum absolute atomic E-state index is 0.187. The van der Waals surface area contributed by atoms with Crippen molar-refractivity contribution in [3.8, 4) is 5.75 Å². The van der Waals surface area contributed by atoms with Crippen molar-refractivity contribution in [2.45, 2.75) is 32.1 Å². The molecule has 0 aliphatic heterocycles. The van der Waals surface area contributed by atoms with Crippen molar-refractivity contribution in [3.05, 3.63) is 29.5 Å². The predicted octanol–water partition coefficient (Wildman–Crippen LogP) is 2.95. The molecule has 0 fully saturated rings. The Morgan fingerprint density at radius 3 is 2.44 bits per heavy atom. The van der Waals surface area contributed by atoms with Crippen molar-refractivity contribution in [2.75, 3.05) is 21.3 Å². The Bertz CT molecular complexity index is 807. The topological polar surface area (TPSA) is 77.6 Å². The van der Waals surface area contributed by atoms with E-state index in [0.717, 1.165) is 27.9 Å². The highest BCUT2D eigenvalue weighted by molar-refractivity contribution is 6.01. The number of hydrogen-bond acceptors (Lipinski definition) is 5. The van der Waals surface area contributed by atoms with Gasteiger partial charge in [0.05, 0.1) is 21.3 Å². The van der Waals surface area contributed by atoms with Gasteiger partial charge in [-0.1, -0.05) is 6.92 Å². The molecule has 1 heterocycles. The number of methoxy groups -OCH3 is 3. The molecule has 0 saturated carbocycles. The van der Waals surface area contributed by atoms with Crippen LogP contribution in [0.3, 0.4) is 0 Å². The maximum atomic E-state index is 12.5. The zero-order chi connectivity index (χ0) is 18.2. The Morgan fingerprint density at radius 2 is 1.84 bits per heavy atom. The van der Waals surface area contributed by atoms with Crippen LogP contribution in [0.25, 0.3) is 10.9 Å². The Morgan fingerprint density at radius 1 is 1.16 bits per heavy atom. The first-order valence-electron chi connectivity index (χ1n) is 8.32. The molecule has 0 bridgehead atoms. The number of aromatic amines is 1. The highest BCUT2D eigenvalue weighted by Crippen LogP contribution is 2.44. The monoisotopic (exact) mass is 345 g/mol. The summed E-state index contributed by atoms with van der Waals surface area (Å²) in [4.78, 5) is 28.4. The molecular weight excluding hydrogens is 322 g/mol. The number of H-pyrrole nitrogens is 1. The van der Waals surface area contributed by atoms with E-state index in [-0.39, 0.29) is 12.3 Å². The van der Waals surface area contributed by atoms with E-state index in [1.54, 1.807) is 7.11 Å². The molecule has 1 unspecified atom stereocenters. The van der Waals surface area contributed by atoms with Crippen LogP contribution in [0.15, 0.2) is 18.2 Å². The minimum Gasteiger partial charge on any atom is -0.497 e. The lowest BCUT2D eigenvalue weighted by atomic mass is 9.79. The Hall–Kier alpha value is -2.50. The van der Waals surface area contributed by atoms with Crippen LogP contribution < -0.4 is 4.74 Å². The lowest BCUT2D eigenvalue weighted by Crippen LogP contribution is -2.43. The van der Waals surface area contributed by atoms with Crippen LogP contribution in [0, 0.1) is 5.41 Å². The number of rotatable bonds is 3. The molecule has 1 aromatic carbocycles. The summed E-state index contributed by atoms with van der Waals surface area (Å²) in [7, 11) is 4.24. The molecule has 0 amide bonds. The Kier molecular flexibility index (Phi) is 4.45. The highest BCUT2D eigenvalue weighted by Gasteiger charge is 2.50. The van der Waals surface area contributed by atoms with Crippen molar-refractivity contribution < 1.29 is 23.8 Å². The lowest BCUT2D eigenvalue weighted by Gasteiger charge is -2.26. The largest absolute Gasteiger partial charge is 0.497 e. The second kappa shape index (κ2) is 6.43. The number of nitrogens with one attached hydrogen (secondary N) is 1. The first-order valence-corrected chi connectivity index (χ1v) is 8.32. The molecule has 6 heteroatoms. The summed E-state index contributed by atoms with van der Waals surface area (Å²) in [5.41, 5.74) is 1.66. The van der Waals surface area contributed by atoms with Crippen LogP contribution >= 0.6 is 0 Å². The van der Waals surface area contributed by atoms with E-state index >= 15 is 0 Å². The summed E-state index contributed by atoms with van der Waals surface area (Å²) >= 11 is 0. The second-order valence-electron chi connectivity index (χ2n) is 6.61. The van der Waals surface area contributed by atoms with Crippen molar-refractivity contribution in [1.82, 2.24) is 4.98 Å². The quantitative estimate of drug-likeness (QED) is 0.526. The molecule has 1 N–H and O–H groups in total. The van der Waals surface area contributed by atoms with E-state index in [2.05, 4.69) is 11.9 Å². The standard InChI is InChI=1S/C19H23NO5/c1-11-7-8-19(17(21)24-3,18(22)25-4)10-15-16(11)13-9-12(23-2)5-6-14(13)20-15/h5-6,9,11,20H,7-8,10H2,1-4H3. The fourth-order valence-electron chi connectivity index (χ4n) is 3.90. The zero-order valence-electron chi connectivity index (χ0n) is 15.0. The van der Waals surface area contributed by atoms with E-state index in [1.807, 2.05) is 18.2 Å². The molecule has 134 valence electrons. The molecule has 2 aromatic rings. The summed E-state index contributed by atoms with van der Waals surface area (Å²) in [5.74, 6) is -0.128. The van der Waals surface area contributed by atoms with Crippen LogP contribution in [0.4, 0.5) is 0 Å². The van der Waals surface area contributed by atoms with Crippen LogP contribution in [0.5, 0.6) is 5.75 Å². The Labute approximate surface area is 146 Å². The number of aromatic nitrogens is 1. The van der Waals surface area contributed by atoms with Crippen LogP contribution in [-0.2, 0) is 25.5 Å². The summed E-state index contributed by atoms with van der Waals surface area (Å²) in [6.45, 7) is 2.11. The number of carbonyl (C=O) groups excluding carboxylic acids is 2. The van der Waals surface area contributed by atoms with E-state index < -0.39 is 17.4 Å². The molecular formula is C19H23NO5. The maximum Gasteiger partial charge on any atom is 0.323 e. The molecule has 0 radical (unpaired) electrons. The zero-order valence-corrected chi connectivity index (χ0v) is 15.0. The normalized spacial score (nSPS) is 19.0. The van der Waals surface area contributed by atoms with E-state index in [1.165, 1.54) is 14.2 Å². The third kappa shape index (κ3) is 2.65. The van der Waals surface area contributed by atoms with E-state index in [9.17, 15) is 9.59 Å². The highest BCUT2D eigenvalue weighted by atomic mass is 16.5. The van der Waals surface area contributed by atoms with E-state index in [0.29, 0.717) is 12.8 Å². The molecule has 1 aliphatic rings. The van der Waals surface area contributed by atoms with Crippen LogP contribution in [0.2, 0.25) is 0 Å². The van der Waals surface area contributed by atoms with Gasteiger partial charge in [-0.25, -0.2) is 0 Å². The van der Waals surface area contributed by atoms with Gasteiger partial charge in [-0.05, 0) is 42.5 Å². The van der Waals surface area contributed by atoms with Crippen molar-refractivity contribution in [3.63, 3.8) is 0 Å². The van der Waals surface area contributed by atoms with Gasteiger partial charge in [0.15, 0.2) is 5.41 Å². The fraction of sp³-hybridized carbons (Fsp3) is 0.474. The van der Waals surface area contributed by atoms with Gasteiger partial charge >= 0.3 is 11.9 Å². The van der Waals surface area contributed by atoms with Gasteiger partial charge in [-0.15, -0.1) is 0 Å². The summed E-state index contributed by atoms with van der Waals surface area (Å²) < 4.78 is 15.3. The average Bonchev–Trinajstić information content (AvgIpc) is 2.92. The molecule has 25 heavy (non-hydrogen) atoms. The smallest absolute Gasteiger partial charge is 0.323 e. The van der Waals surface area contributed by atoms with Gasteiger partial charge in [-0.2, -0.15) is 0 Å². The number of fused-ring (bicyclic) bond motifs is 3. The van der Waals surface area contributed by atoms with Gasteiger partial charge in [0.1, 0.15) is 5.75 Å². The van der Waals surface area contributed by atoms with Gasteiger partial charge in [0, 0.05) is 23.0 Å². The van der Waals surface area contributed by atoms with Gasteiger partial charge in [-0.3, -0.25) is 9.59 Å². The molecule has 0 saturated heterocycles. The summed E-state index contributed by atoms with van der Waals surface area (Å²) in [6, 6.07) is 5.83. The molecule has 1 aliphatic carbocycles. The number of esters is 2. The number of benzene rings is 1. The fourth-order valence-corrected chi connectivity index (χ4v) is 3.90. The van der Waals surface area contributed by atoms with Crippen molar-refractivity contribution in [2.24, 2.45) is 5.41 Å². The first kappa shape index (κ1) is 17.3. The Balaban J connectivity index is 2.18. The SMILES string of the molecule is COC(=O)C1(C(=O)OC)CCC(C)c2c([nH]c3ccc(OC)cc23)C1. The van der Waals surface area contributed by atoms with Gasteiger partial charge in [0.2, 0.25) is 0 Å². The number of ether oxygens (including phenoxy) is 3. The number of carbonyl (C=O) groups is 2. The lowest BCUT2D eigenvalue weighted by molar-refractivity contribution is -0.169. The van der Waals surface area contributed by atoms with Gasteiger partial charge < -0.3 is 19.2 Å². The van der Waals surface area contributed by atoms with E-state index in [4.69, 9.17) is 14.2 Å². The predicted molar refractivity (Wildman–Crippen MR) is 92.7 cm³/mol. The third-order valence-corrected chi connectivity index (χ3v) is 5.26. The minimum atomic E-state index is -1.31. The summed E-state index contributed by atoms with van der Waals surface area (Å²) in [5, 5.41) is 1.06. The van der Waals surface area contributed by atoms with Crippen molar-refractivity contribution in [1.29, 1.82) is 0 Å². The molecule has 0 spiro atoms. The van der Waals surface area contributed by atoms with Crippen LogP contribution in [-0.4, -0.2) is 38.3 Å². The van der Waals surface area contributed by atoms with Crippen LogP contribution in [0.1, 0.15) is 36.9 Å². The maximum absolute atomic E-state index is 12.5. The number of hydrogen-bond donors (Lipinski definition) is 1. The molecule has 1 atom stereocenters. The summed E-state index contributed by atoms with van der Waals surface area (Å²) in [6.07, 6.45) is 1.31.